The number of hydrogen-bond donors (Lipinski definition) is 0. The van der Waals surface area contributed by atoms with Crippen LogP contribution in [0.15, 0.2) is 36.4 Å². The summed E-state index contributed by atoms with van der Waals surface area (Å²) >= 11 is 5.69. The van der Waals surface area contributed by atoms with E-state index in [-0.39, 0.29) is 5.91 Å². The molecular formula is C15H14ClN3O. The van der Waals surface area contributed by atoms with Crippen LogP contribution in [0.3, 0.4) is 0 Å². The predicted octanol–water partition coefficient (Wildman–Crippen LogP) is 2.37. The lowest BCUT2D eigenvalue weighted by molar-refractivity contribution is 0.0756. The first-order valence-electron chi connectivity index (χ1n) is 6.59. The summed E-state index contributed by atoms with van der Waals surface area (Å²) in [5.41, 5.74) is 3.00. The molecule has 1 amide bonds. The van der Waals surface area contributed by atoms with E-state index in [4.69, 9.17) is 11.6 Å². The van der Waals surface area contributed by atoms with Gasteiger partial charge in [0.05, 0.1) is 0 Å². The molecule has 0 radical (unpaired) electrons. The zero-order valence-corrected chi connectivity index (χ0v) is 11.7. The lowest BCUT2D eigenvalue weighted by atomic mass is 10.0. The molecule has 2 aromatic rings. The number of hydrogen-bond acceptors (Lipinski definition) is 3. The SMILES string of the molecule is O=C(c1ccc(Cl)nn1)N1CCc2ccccc2CC1. The standard InChI is InChI=1S/C15H14ClN3O/c16-14-6-5-13(17-18-14)15(20)19-9-7-11-3-1-2-4-12(11)8-10-19/h1-6H,7-10H2. The monoisotopic (exact) mass is 287 g/mol. The highest BCUT2D eigenvalue weighted by Crippen LogP contribution is 2.16. The molecule has 1 aliphatic heterocycles. The predicted molar refractivity (Wildman–Crippen MR) is 76.8 cm³/mol. The smallest absolute Gasteiger partial charge is 0.274 e. The van der Waals surface area contributed by atoms with Crippen LogP contribution in [0, 0.1) is 0 Å². The maximum atomic E-state index is 12.4. The first-order chi connectivity index (χ1) is 9.74. The van der Waals surface area contributed by atoms with Crippen LogP contribution in [0.5, 0.6) is 0 Å². The van der Waals surface area contributed by atoms with Gasteiger partial charge < -0.3 is 4.90 Å². The molecule has 0 saturated carbocycles. The molecule has 0 atom stereocenters. The highest BCUT2D eigenvalue weighted by molar-refractivity contribution is 6.29. The van der Waals surface area contributed by atoms with Gasteiger partial charge in [0.2, 0.25) is 0 Å². The molecule has 4 nitrogen and oxygen atoms in total. The van der Waals surface area contributed by atoms with Gasteiger partial charge in [0.1, 0.15) is 0 Å². The van der Waals surface area contributed by atoms with Crippen molar-refractivity contribution in [1.29, 1.82) is 0 Å². The van der Waals surface area contributed by atoms with E-state index in [0.29, 0.717) is 23.9 Å². The average Bonchev–Trinajstić information content (AvgIpc) is 2.70. The third kappa shape index (κ3) is 2.65. The van der Waals surface area contributed by atoms with Crippen LogP contribution in [0.25, 0.3) is 0 Å². The van der Waals surface area contributed by atoms with E-state index in [9.17, 15) is 4.79 Å². The van der Waals surface area contributed by atoms with Gasteiger partial charge in [-0.2, -0.15) is 0 Å². The molecule has 0 spiro atoms. The number of halogens is 1. The van der Waals surface area contributed by atoms with Crippen molar-refractivity contribution < 1.29 is 4.79 Å². The quantitative estimate of drug-likeness (QED) is 0.809. The molecule has 0 aliphatic carbocycles. The Morgan fingerprint density at radius 1 is 1.00 bits per heavy atom. The van der Waals surface area contributed by atoms with E-state index < -0.39 is 0 Å². The fourth-order valence-corrected chi connectivity index (χ4v) is 2.56. The van der Waals surface area contributed by atoms with Crippen molar-refractivity contribution in [3.05, 3.63) is 58.4 Å². The summed E-state index contributed by atoms with van der Waals surface area (Å²) in [5, 5.41) is 7.88. The van der Waals surface area contributed by atoms with Crippen LogP contribution in [-0.4, -0.2) is 34.1 Å². The molecule has 0 unspecified atom stereocenters. The average molecular weight is 288 g/mol. The minimum atomic E-state index is -0.0815. The molecule has 0 fully saturated rings. The summed E-state index contributed by atoms with van der Waals surface area (Å²) in [6.45, 7) is 1.42. The molecule has 1 aromatic heterocycles. The Labute approximate surface area is 122 Å². The van der Waals surface area contributed by atoms with Gasteiger partial charge in [-0.1, -0.05) is 35.9 Å². The normalized spacial score (nSPS) is 14.6. The fraction of sp³-hybridized carbons (Fsp3) is 0.267. The van der Waals surface area contributed by atoms with Crippen LogP contribution < -0.4 is 0 Å². The first kappa shape index (κ1) is 13.1. The molecule has 5 heteroatoms. The maximum Gasteiger partial charge on any atom is 0.274 e. The second-order valence-electron chi connectivity index (χ2n) is 4.80. The summed E-state index contributed by atoms with van der Waals surface area (Å²) in [6, 6.07) is 11.6. The van der Waals surface area contributed by atoms with Crippen LogP contribution in [0.4, 0.5) is 0 Å². The maximum absolute atomic E-state index is 12.4. The lowest BCUT2D eigenvalue weighted by Crippen LogP contribution is -2.34. The number of benzene rings is 1. The van der Waals surface area contributed by atoms with Crippen LogP contribution in [-0.2, 0) is 12.8 Å². The summed E-state index contributed by atoms with van der Waals surface area (Å²) < 4.78 is 0. The van der Waals surface area contributed by atoms with Crippen LogP contribution in [0.1, 0.15) is 21.6 Å². The Morgan fingerprint density at radius 2 is 1.65 bits per heavy atom. The fourth-order valence-electron chi connectivity index (χ4n) is 2.46. The highest BCUT2D eigenvalue weighted by atomic mass is 35.5. The zero-order chi connectivity index (χ0) is 13.9. The van der Waals surface area contributed by atoms with E-state index in [1.165, 1.54) is 11.1 Å². The van der Waals surface area contributed by atoms with E-state index in [1.54, 1.807) is 12.1 Å². The number of amides is 1. The zero-order valence-electron chi connectivity index (χ0n) is 10.9. The second-order valence-corrected chi connectivity index (χ2v) is 5.19. The van der Waals surface area contributed by atoms with E-state index in [0.717, 1.165) is 12.8 Å². The Balaban J connectivity index is 1.76. The Hall–Kier alpha value is -1.94. The van der Waals surface area contributed by atoms with Gasteiger partial charge in [-0.05, 0) is 36.1 Å². The topological polar surface area (TPSA) is 46.1 Å². The molecule has 2 heterocycles. The summed E-state index contributed by atoms with van der Waals surface area (Å²) in [4.78, 5) is 14.2. The van der Waals surface area contributed by atoms with E-state index >= 15 is 0 Å². The number of nitrogens with zero attached hydrogens (tertiary/aromatic N) is 3. The van der Waals surface area contributed by atoms with Gasteiger partial charge in [-0.15, -0.1) is 10.2 Å². The lowest BCUT2D eigenvalue weighted by Gasteiger charge is -2.19. The van der Waals surface area contributed by atoms with Crippen molar-refractivity contribution in [1.82, 2.24) is 15.1 Å². The molecule has 20 heavy (non-hydrogen) atoms. The third-order valence-electron chi connectivity index (χ3n) is 3.56. The summed E-state index contributed by atoms with van der Waals surface area (Å²) in [5.74, 6) is -0.0815. The second kappa shape index (κ2) is 5.59. The van der Waals surface area contributed by atoms with Crippen molar-refractivity contribution in [3.63, 3.8) is 0 Å². The van der Waals surface area contributed by atoms with E-state index in [1.807, 2.05) is 17.0 Å². The summed E-state index contributed by atoms with van der Waals surface area (Å²) in [6.07, 6.45) is 1.76. The van der Waals surface area contributed by atoms with Gasteiger partial charge >= 0.3 is 0 Å². The van der Waals surface area contributed by atoms with Gasteiger partial charge in [0.15, 0.2) is 10.8 Å². The number of rotatable bonds is 1. The molecule has 102 valence electrons. The van der Waals surface area contributed by atoms with Crippen molar-refractivity contribution >= 4 is 17.5 Å². The van der Waals surface area contributed by atoms with Gasteiger partial charge in [0.25, 0.3) is 5.91 Å². The molecule has 0 saturated heterocycles. The number of fused-ring (bicyclic) bond motifs is 1. The highest BCUT2D eigenvalue weighted by Gasteiger charge is 2.20. The van der Waals surface area contributed by atoms with Gasteiger partial charge in [-0.3, -0.25) is 4.79 Å². The number of aromatic nitrogens is 2. The molecular weight excluding hydrogens is 274 g/mol. The minimum absolute atomic E-state index is 0.0815. The summed E-state index contributed by atoms with van der Waals surface area (Å²) in [7, 11) is 0. The molecule has 1 aromatic carbocycles. The number of carbonyl (C=O) groups excluding carboxylic acids is 1. The van der Waals surface area contributed by atoms with Crippen molar-refractivity contribution in [2.75, 3.05) is 13.1 Å². The third-order valence-corrected chi connectivity index (χ3v) is 3.76. The van der Waals surface area contributed by atoms with Crippen LogP contribution in [0.2, 0.25) is 5.15 Å². The van der Waals surface area contributed by atoms with E-state index in [2.05, 4.69) is 22.3 Å². The van der Waals surface area contributed by atoms with Gasteiger partial charge in [-0.25, -0.2) is 0 Å². The molecule has 1 aliphatic rings. The number of carbonyl (C=O) groups is 1. The van der Waals surface area contributed by atoms with Crippen molar-refractivity contribution in [2.24, 2.45) is 0 Å². The molecule has 3 rings (SSSR count). The molecule has 0 bridgehead atoms. The molecule has 0 N–H and O–H groups in total. The first-order valence-corrected chi connectivity index (χ1v) is 6.97. The van der Waals surface area contributed by atoms with Crippen molar-refractivity contribution in [3.8, 4) is 0 Å². The largest absolute Gasteiger partial charge is 0.337 e. The Morgan fingerprint density at radius 3 is 2.20 bits per heavy atom. The van der Waals surface area contributed by atoms with Crippen LogP contribution >= 0.6 is 11.6 Å². The van der Waals surface area contributed by atoms with Gasteiger partial charge in [0, 0.05) is 13.1 Å². The Kier molecular flexibility index (Phi) is 3.65. The Bertz CT molecular complexity index is 600. The minimum Gasteiger partial charge on any atom is -0.337 e. The van der Waals surface area contributed by atoms with Crippen molar-refractivity contribution in [2.45, 2.75) is 12.8 Å².